The van der Waals surface area contributed by atoms with Crippen molar-refractivity contribution in [3.8, 4) is 11.8 Å². The number of hydrogen-bond donors (Lipinski definition) is 1. The van der Waals surface area contributed by atoms with Crippen LogP contribution in [0.5, 0.6) is 11.8 Å². The van der Waals surface area contributed by atoms with Crippen LogP contribution in [-0.2, 0) is 6.54 Å². The second-order valence-electron chi connectivity index (χ2n) is 3.53. The summed E-state index contributed by atoms with van der Waals surface area (Å²) in [4.78, 5) is 14.8. The van der Waals surface area contributed by atoms with Crippen LogP contribution in [0, 0.1) is 5.82 Å². The molecule has 5 nitrogen and oxygen atoms in total. The predicted molar refractivity (Wildman–Crippen MR) is 61.3 cm³/mol. The number of aromatic nitrogens is 2. The third-order valence-corrected chi connectivity index (χ3v) is 2.38. The Labute approximate surface area is 102 Å². The van der Waals surface area contributed by atoms with Crippen molar-refractivity contribution in [2.24, 2.45) is 0 Å². The molecule has 0 aliphatic carbocycles. The van der Waals surface area contributed by atoms with Gasteiger partial charge >= 0.3 is 12.0 Å². The van der Waals surface area contributed by atoms with E-state index in [0.717, 1.165) is 0 Å². The molecular weight excluding hydrogens is 239 g/mol. The molecule has 0 saturated heterocycles. The van der Waals surface area contributed by atoms with E-state index in [2.05, 4.69) is 4.98 Å². The summed E-state index contributed by atoms with van der Waals surface area (Å²) in [5.41, 5.74) is 0.0506. The maximum Gasteiger partial charge on any atom is 0.354 e. The Morgan fingerprint density at radius 1 is 1.44 bits per heavy atom. The highest BCUT2D eigenvalue weighted by Crippen LogP contribution is 2.21. The van der Waals surface area contributed by atoms with Crippen LogP contribution < -0.4 is 4.74 Å². The largest absolute Gasteiger partial charge is 0.477 e. The van der Waals surface area contributed by atoms with Crippen molar-refractivity contribution in [1.29, 1.82) is 0 Å². The number of nitrogens with zero attached hydrogens (tertiary/aromatic N) is 2. The maximum atomic E-state index is 12.7. The number of carbonyl (C=O) groups is 1. The van der Waals surface area contributed by atoms with E-state index in [0.29, 0.717) is 12.3 Å². The Balaban J connectivity index is 2.29. The molecule has 6 heteroatoms. The topological polar surface area (TPSA) is 64.4 Å². The van der Waals surface area contributed by atoms with Crippen LogP contribution in [0.4, 0.5) is 4.39 Å². The number of carboxylic acid groups (broad SMARTS) is 1. The summed E-state index contributed by atoms with van der Waals surface area (Å²) in [6, 6.07) is 5.58. The van der Waals surface area contributed by atoms with Gasteiger partial charge < -0.3 is 9.84 Å². The SMILES string of the molecule is CCn1c(C(=O)O)cnc1Oc1ccc(F)cc1. The zero-order valence-electron chi connectivity index (χ0n) is 9.63. The van der Waals surface area contributed by atoms with Gasteiger partial charge in [0.25, 0.3) is 0 Å². The van der Waals surface area contributed by atoms with E-state index in [4.69, 9.17) is 9.84 Å². The molecule has 0 amide bonds. The van der Waals surface area contributed by atoms with Crippen molar-refractivity contribution >= 4 is 5.97 Å². The molecular formula is C12H11FN2O3. The van der Waals surface area contributed by atoms with Gasteiger partial charge in [-0.1, -0.05) is 0 Å². The van der Waals surface area contributed by atoms with Gasteiger partial charge in [-0.05, 0) is 31.2 Å². The van der Waals surface area contributed by atoms with Crippen molar-refractivity contribution in [3.63, 3.8) is 0 Å². The van der Waals surface area contributed by atoms with Gasteiger partial charge in [-0.2, -0.15) is 0 Å². The zero-order valence-corrected chi connectivity index (χ0v) is 9.63. The number of imidazole rings is 1. The molecule has 2 aromatic rings. The molecule has 94 valence electrons. The first kappa shape index (κ1) is 12.1. The molecule has 0 aliphatic heterocycles. The second kappa shape index (κ2) is 4.87. The lowest BCUT2D eigenvalue weighted by Crippen LogP contribution is -2.08. The molecule has 2 rings (SSSR count). The number of halogens is 1. The van der Waals surface area contributed by atoms with Crippen LogP contribution in [0.15, 0.2) is 30.5 Å². The average Bonchev–Trinajstić information content (AvgIpc) is 2.75. The first-order chi connectivity index (χ1) is 8.61. The summed E-state index contributed by atoms with van der Waals surface area (Å²) in [6.07, 6.45) is 1.23. The first-order valence-corrected chi connectivity index (χ1v) is 5.34. The summed E-state index contributed by atoms with van der Waals surface area (Å²) in [6.45, 7) is 2.20. The third kappa shape index (κ3) is 2.32. The highest BCUT2D eigenvalue weighted by Gasteiger charge is 2.15. The minimum atomic E-state index is -1.07. The van der Waals surface area contributed by atoms with Crippen LogP contribution >= 0.6 is 0 Å². The molecule has 0 unspecified atom stereocenters. The van der Waals surface area contributed by atoms with E-state index < -0.39 is 5.97 Å². The molecule has 1 aromatic carbocycles. The summed E-state index contributed by atoms with van der Waals surface area (Å²) in [5, 5.41) is 8.95. The third-order valence-electron chi connectivity index (χ3n) is 2.38. The normalized spacial score (nSPS) is 10.3. The van der Waals surface area contributed by atoms with E-state index in [-0.39, 0.29) is 17.5 Å². The van der Waals surface area contributed by atoms with Gasteiger partial charge in [0.05, 0.1) is 6.20 Å². The number of aromatic carboxylic acids is 1. The van der Waals surface area contributed by atoms with Crippen molar-refractivity contribution in [3.05, 3.63) is 42.0 Å². The van der Waals surface area contributed by atoms with Crippen molar-refractivity contribution in [2.45, 2.75) is 13.5 Å². The van der Waals surface area contributed by atoms with Gasteiger partial charge in [0.1, 0.15) is 17.3 Å². The molecule has 0 fully saturated rings. The van der Waals surface area contributed by atoms with Gasteiger partial charge in [0.2, 0.25) is 0 Å². The summed E-state index contributed by atoms with van der Waals surface area (Å²) in [5.74, 6) is -1.04. The van der Waals surface area contributed by atoms with Gasteiger partial charge in [-0.15, -0.1) is 0 Å². The first-order valence-electron chi connectivity index (χ1n) is 5.34. The van der Waals surface area contributed by atoms with Gasteiger partial charge in [0.15, 0.2) is 0 Å². The Bertz CT molecular complexity index is 563. The van der Waals surface area contributed by atoms with E-state index in [1.807, 2.05) is 0 Å². The molecule has 0 radical (unpaired) electrons. The monoisotopic (exact) mass is 250 g/mol. The second-order valence-corrected chi connectivity index (χ2v) is 3.53. The van der Waals surface area contributed by atoms with E-state index in [1.165, 1.54) is 35.0 Å². The fourth-order valence-electron chi connectivity index (χ4n) is 1.52. The number of carboxylic acids is 1. The highest BCUT2D eigenvalue weighted by molar-refractivity contribution is 5.85. The molecule has 0 saturated carbocycles. The Hall–Kier alpha value is -2.37. The minimum Gasteiger partial charge on any atom is -0.477 e. The van der Waals surface area contributed by atoms with Crippen molar-refractivity contribution in [1.82, 2.24) is 9.55 Å². The van der Waals surface area contributed by atoms with Gasteiger partial charge in [-0.25, -0.2) is 14.2 Å². The van der Waals surface area contributed by atoms with Crippen LogP contribution in [0.2, 0.25) is 0 Å². The molecule has 0 spiro atoms. The van der Waals surface area contributed by atoms with Gasteiger partial charge in [-0.3, -0.25) is 4.57 Å². The quantitative estimate of drug-likeness (QED) is 0.905. The summed E-state index contributed by atoms with van der Waals surface area (Å²) >= 11 is 0. The van der Waals surface area contributed by atoms with E-state index in [9.17, 15) is 9.18 Å². The summed E-state index contributed by atoms with van der Waals surface area (Å²) in [7, 11) is 0. The van der Waals surface area contributed by atoms with Crippen LogP contribution in [0.3, 0.4) is 0 Å². The van der Waals surface area contributed by atoms with Crippen LogP contribution in [0.25, 0.3) is 0 Å². The molecule has 0 bridgehead atoms. The number of ether oxygens (including phenoxy) is 1. The van der Waals surface area contributed by atoms with Crippen molar-refractivity contribution in [2.75, 3.05) is 0 Å². The Kier molecular flexibility index (Phi) is 3.27. The van der Waals surface area contributed by atoms with Gasteiger partial charge in [0, 0.05) is 6.54 Å². The average molecular weight is 250 g/mol. The Morgan fingerprint density at radius 2 is 2.11 bits per heavy atom. The van der Waals surface area contributed by atoms with E-state index in [1.54, 1.807) is 6.92 Å². The summed E-state index contributed by atoms with van der Waals surface area (Å²) < 4.78 is 19.6. The van der Waals surface area contributed by atoms with E-state index >= 15 is 0 Å². The Morgan fingerprint density at radius 3 is 2.67 bits per heavy atom. The smallest absolute Gasteiger partial charge is 0.354 e. The minimum absolute atomic E-state index is 0.0506. The zero-order chi connectivity index (χ0) is 13.1. The van der Waals surface area contributed by atoms with Crippen molar-refractivity contribution < 1.29 is 19.0 Å². The van der Waals surface area contributed by atoms with Crippen LogP contribution in [-0.4, -0.2) is 20.6 Å². The fraction of sp³-hybridized carbons (Fsp3) is 0.167. The lowest BCUT2D eigenvalue weighted by molar-refractivity contribution is 0.0684. The molecule has 1 aromatic heterocycles. The predicted octanol–water partition coefficient (Wildman–Crippen LogP) is 2.53. The molecule has 0 atom stereocenters. The molecule has 18 heavy (non-hydrogen) atoms. The maximum absolute atomic E-state index is 12.7. The molecule has 1 heterocycles. The molecule has 0 aliphatic rings. The fourth-order valence-corrected chi connectivity index (χ4v) is 1.52. The number of rotatable bonds is 4. The highest BCUT2D eigenvalue weighted by atomic mass is 19.1. The molecule has 1 N–H and O–H groups in total. The standard InChI is InChI=1S/C12H11FN2O3/c1-2-15-10(11(16)17)7-14-12(15)18-9-5-3-8(13)4-6-9/h3-7H,2H2,1H3,(H,16,17). The number of benzene rings is 1. The lowest BCUT2D eigenvalue weighted by atomic mass is 10.3. The number of hydrogen-bond acceptors (Lipinski definition) is 3. The lowest BCUT2D eigenvalue weighted by Gasteiger charge is -2.07. The van der Waals surface area contributed by atoms with Crippen LogP contribution in [0.1, 0.15) is 17.4 Å².